The molecule has 7 nitrogen and oxygen atoms in total. The summed E-state index contributed by atoms with van der Waals surface area (Å²) in [6.07, 6.45) is 0.343. The van der Waals surface area contributed by atoms with Gasteiger partial charge in [-0.1, -0.05) is 0 Å². The third-order valence-corrected chi connectivity index (χ3v) is 3.04. The van der Waals surface area contributed by atoms with Crippen molar-refractivity contribution in [2.24, 2.45) is 10.8 Å². The summed E-state index contributed by atoms with van der Waals surface area (Å²) in [7, 11) is 0. The Bertz CT molecular complexity index is 670. The molecular weight excluding hydrogens is 279 g/mol. The molecule has 8 heteroatoms. The third-order valence-electron chi connectivity index (χ3n) is 3.04. The normalized spacial score (nSPS) is 14.2. The van der Waals surface area contributed by atoms with Crippen LogP contribution in [0, 0.1) is 12.7 Å². The number of rotatable bonds is 3. The second-order valence-electron chi connectivity index (χ2n) is 4.54. The quantitative estimate of drug-likeness (QED) is 0.750. The second-order valence-corrected chi connectivity index (χ2v) is 4.54. The number of nitrogens with one attached hydrogen (secondary N) is 2. The first-order valence-corrected chi connectivity index (χ1v) is 6.15. The molecule has 1 aromatic carbocycles. The summed E-state index contributed by atoms with van der Waals surface area (Å²) >= 11 is 0. The molecule has 0 unspecified atom stereocenters. The van der Waals surface area contributed by atoms with E-state index in [-0.39, 0.29) is 41.3 Å². The van der Waals surface area contributed by atoms with Crippen molar-refractivity contribution in [2.45, 2.75) is 19.8 Å². The van der Waals surface area contributed by atoms with Crippen molar-refractivity contribution < 1.29 is 18.8 Å². The molecule has 1 aliphatic rings. The number of anilines is 1. The predicted molar refractivity (Wildman–Crippen MR) is 73.1 cm³/mol. The molecule has 2 rings (SSSR count). The number of hydrogen-bond acceptors (Lipinski definition) is 4. The highest BCUT2D eigenvalue weighted by atomic mass is 19.1. The fraction of sp³-hybridized carbons (Fsp3) is 0.231. The van der Waals surface area contributed by atoms with Gasteiger partial charge >= 0.3 is 0 Å². The number of amides is 3. The lowest BCUT2D eigenvalue weighted by molar-refractivity contribution is -0.121. The number of carbonyl (C=O) groups excluding carboxylic acids is 3. The maximum atomic E-state index is 13.7. The third kappa shape index (κ3) is 3.22. The smallest absolute Gasteiger partial charge is 0.271 e. The number of benzene rings is 1. The van der Waals surface area contributed by atoms with Gasteiger partial charge in [-0.15, -0.1) is 0 Å². The van der Waals surface area contributed by atoms with E-state index in [1.807, 2.05) is 0 Å². The number of nitrogens with two attached hydrogens (primary N) is 1. The fourth-order valence-electron chi connectivity index (χ4n) is 1.78. The Morgan fingerprint density at radius 2 is 2.10 bits per heavy atom. The first kappa shape index (κ1) is 14.6. The van der Waals surface area contributed by atoms with Gasteiger partial charge in [0.2, 0.25) is 11.8 Å². The molecular formula is C13H13FN4O3. The van der Waals surface area contributed by atoms with Crippen LogP contribution >= 0.6 is 0 Å². The molecule has 3 amide bonds. The average Bonchev–Trinajstić information content (AvgIpc) is 2.44. The number of hydrogen-bond donors (Lipinski definition) is 3. The lowest BCUT2D eigenvalue weighted by Crippen LogP contribution is -2.33. The van der Waals surface area contributed by atoms with E-state index < -0.39 is 17.6 Å². The molecule has 21 heavy (non-hydrogen) atoms. The van der Waals surface area contributed by atoms with Crippen LogP contribution < -0.4 is 16.5 Å². The van der Waals surface area contributed by atoms with Crippen LogP contribution in [0.25, 0.3) is 0 Å². The molecule has 0 saturated carbocycles. The van der Waals surface area contributed by atoms with Crippen LogP contribution in [0.2, 0.25) is 0 Å². The molecule has 0 aromatic heterocycles. The van der Waals surface area contributed by atoms with Crippen molar-refractivity contribution in [3.05, 3.63) is 29.1 Å². The second kappa shape index (κ2) is 5.70. The highest BCUT2D eigenvalue weighted by molar-refractivity contribution is 6.43. The van der Waals surface area contributed by atoms with Crippen LogP contribution in [0.5, 0.6) is 0 Å². The van der Waals surface area contributed by atoms with E-state index in [0.29, 0.717) is 0 Å². The van der Waals surface area contributed by atoms with Gasteiger partial charge in [0.05, 0.1) is 0 Å². The van der Waals surface area contributed by atoms with Crippen molar-refractivity contribution in [1.29, 1.82) is 0 Å². The van der Waals surface area contributed by atoms with Gasteiger partial charge in [0.15, 0.2) is 0 Å². The number of halogens is 1. The van der Waals surface area contributed by atoms with Gasteiger partial charge in [0.25, 0.3) is 5.91 Å². The van der Waals surface area contributed by atoms with Crippen molar-refractivity contribution >= 4 is 29.1 Å². The lowest BCUT2D eigenvalue weighted by Gasteiger charge is -2.14. The Hall–Kier alpha value is -2.77. The molecule has 0 saturated heterocycles. The highest BCUT2D eigenvalue weighted by Crippen LogP contribution is 2.21. The molecule has 4 N–H and O–H groups in total. The summed E-state index contributed by atoms with van der Waals surface area (Å²) in [5, 5.41) is 6.10. The minimum absolute atomic E-state index is 0.0488. The predicted octanol–water partition coefficient (Wildman–Crippen LogP) is 0.438. The molecule has 0 bridgehead atoms. The van der Waals surface area contributed by atoms with Crippen LogP contribution in [0.3, 0.4) is 0 Å². The van der Waals surface area contributed by atoms with Gasteiger partial charge in [-0.3, -0.25) is 14.4 Å². The molecule has 0 fully saturated rings. The standard InChI is InChI=1S/C13H13FN4O3/c1-6-8(14)4-7(12(15)20)5-10(6)16-13(21)9-2-3-11(19)18-17-9/h4-5H,2-3H2,1H3,(H2,15,20)(H,16,21)(H,18,19). The van der Waals surface area contributed by atoms with E-state index >= 15 is 0 Å². The Labute approximate surface area is 119 Å². The van der Waals surface area contributed by atoms with E-state index in [1.165, 1.54) is 13.0 Å². The number of carbonyl (C=O) groups is 3. The molecule has 0 spiro atoms. The molecule has 1 aromatic rings. The van der Waals surface area contributed by atoms with Gasteiger partial charge < -0.3 is 11.1 Å². The average molecular weight is 292 g/mol. The monoisotopic (exact) mass is 292 g/mol. The maximum absolute atomic E-state index is 13.7. The van der Waals surface area contributed by atoms with Crippen LogP contribution in [-0.4, -0.2) is 23.4 Å². The van der Waals surface area contributed by atoms with Crippen LogP contribution in [0.1, 0.15) is 28.8 Å². The summed E-state index contributed by atoms with van der Waals surface area (Å²) in [5.74, 6) is -2.30. The number of nitrogens with zero attached hydrogens (tertiary/aromatic N) is 1. The summed E-state index contributed by atoms with van der Waals surface area (Å²) in [6.45, 7) is 1.46. The van der Waals surface area contributed by atoms with Crippen LogP contribution in [0.15, 0.2) is 17.2 Å². The lowest BCUT2D eigenvalue weighted by atomic mass is 10.1. The van der Waals surface area contributed by atoms with Crippen LogP contribution in [0.4, 0.5) is 10.1 Å². The van der Waals surface area contributed by atoms with E-state index in [9.17, 15) is 18.8 Å². The Kier molecular flexibility index (Phi) is 3.97. The zero-order chi connectivity index (χ0) is 15.6. The summed E-state index contributed by atoms with van der Waals surface area (Å²) in [6, 6.07) is 2.30. The SMILES string of the molecule is Cc1c(F)cc(C(N)=O)cc1NC(=O)C1=NNC(=O)CC1. The zero-order valence-electron chi connectivity index (χ0n) is 11.2. The van der Waals surface area contributed by atoms with Gasteiger partial charge in [-0.05, 0) is 19.1 Å². The summed E-state index contributed by atoms with van der Waals surface area (Å²) in [5.41, 5.74) is 7.68. The van der Waals surface area contributed by atoms with E-state index in [4.69, 9.17) is 5.73 Å². The molecule has 1 aliphatic heterocycles. The van der Waals surface area contributed by atoms with Crippen molar-refractivity contribution in [3.8, 4) is 0 Å². The fourth-order valence-corrected chi connectivity index (χ4v) is 1.78. The molecule has 0 aliphatic carbocycles. The summed E-state index contributed by atoms with van der Waals surface area (Å²) in [4.78, 5) is 34.1. The largest absolute Gasteiger partial charge is 0.366 e. The van der Waals surface area contributed by atoms with E-state index in [2.05, 4.69) is 15.8 Å². The molecule has 110 valence electrons. The topological polar surface area (TPSA) is 114 Å². The number of hydrazone groups is 1. The Morgan fingerprint density at radius 1 is 1.38 bits per heavy atom. The Morgan fingerprint density at radius 3 is 2.67 bits per heavy atom. The molecule has 0 atom stereocenters. The Balaban J connectivity index is 2.25. The first-order chi connectivity index (χ1) is 9.88. The van der Waals surface area contributed by atoms with Crippen LogP contribution in [-0.2, 0) is 9.59 Å². The van der Waals surface area contributed by atoms with E-state index in [1.54, 1.807) is 0 Å². The molecule has 0 radical (unpaired) electrons. The zero-order valence-corrected chi connectivity index (χ0v) is 11.2. The number of primary amides is 1. The van der Waals surface area contributed by atoms with E-state index in [0.717, 1.165) is 6.07 Å². The first-order valence-electron chi connectivity index (χ1n) is 6.15. The summed E-state index contributed by atoms with van der Waals surface area (Å²) < 4.78 is 13.7. The highest BCUT2D eigenvalue weighted by Gasteiger charge is 2.20. The minimum Gasteiger partial charge on any atom is -0.366 e. The van der Waals surface area contributed by atoms with Gasteiger partial charge in [0, 0.05) is 29.7 Å². The maximum Gasteiger partial charge on any atom is 0.271 e. The van der Waals surface area contributed by atoms with Crippen molar-refractivity contribution in [1.82, 2.24) is 5.43 Å². The van der Waals surface area contributed by atoms with Gasteiger partial charge in [-0.2, -0.15) is 5.10 Å². The van der Waals surface area contributed by atoms with Crippen molar-refractivity contribution in [2.75, 3.05) is 5.32 Å². The van der Waals surface area contributed by atoms with Gasteiger partial charge in [-0.25, -0.2) is 9.82 Å². The molecule has 1 heterocycles. The van der Waals surface area contributed by atoms with Crippen molar-refractivity contribution in [3.63, 3.8) is 0 Å². The van der Waals surface area contributed by atoms with Gasteiger partial charge in [0.1, 0.15) is 11.5 Å². The minimum atomic E-state index is -0.799.